The van der Waals surface area contributed by atoms with Gasteiger partial charge in [-0.1, -0.05) is 37.6 Å². The Hall–Kier alpha value is -3.32. The zero-order valence-corrected chi connectivity index (χ0v) is 17.6. The van der Waals surface area contributed by atoms with Gasteiger partial charge in [0.1, 0.15) is 0 Å². The van der Waals surface area contributed by atoms with E-state index in [2.05, 4.69) is 29.5 Å². The topological polar surface area (TPSA) is 102 Å². The fourth-order valence-electron chi connectivity index (χ4n) is 2.84. The maximum Gasteiger partial charge on any atom is 0.232 e. The second-order valence-corrected chi connectivity index (χ2v) is 7.77. The number of carbonyl (C=O) groups is 2. The summed E-state index contributed by atoms with van der Waals surface area (Å²) in [5.41, 5.74) is 8.73. The number of anilines is 3. The molecule has 7 nitrogen and oxygen atoms in total. The minimum atomic E-state index is -0.460. The van der Waals surface area contributed by atoms with Crippen molar-refractivity contribution in [1.29, 1.82) is 0 Å². The van der Waals surface area contributed by atoms with Gasteiger partial charge in [0.05, 0.1) is 34.8 Å². The number of hydrogen-bond donors (Lipinski definition) is 3. The molecule has 1 amide bonds. The van der Waals surface area contributed by atoms with Crippen molar-refractivity contribution in [3.63, 3.8) is 0 Å². The van der Waals surface area contributed by atoms with E-state index in [1.165, 1.54) is 0 Å². The molecule has 0 aliphatic heterocycles. The molecule has 0 aliphatic carbocycles. The SMILES string of the molecule is CC(C)CNc1cc(N)c(NC(=O)CC(=O)c2cccc(-n3ccnc3)c2)cc1Cl. The van der Waals surface area contributed by atoms with Crippen molar-refractivity contribution in [2.24, 2.45) is 5.92 Å². The largest absolute Gasteiger partial charge is 0.397 e. The smallest absolute Gasteiger partial charge is 0.232 e. The van der Waals surface area contributed by atoms with Crippen LogP contribution in [-0.4, -0.2) is 27.8 Å². The lowest BCUT2D eigenvalue weighted by atomic mass is 10.1. The van der Waals surface area contributed by atoms with Crippen LogP contribution in [0.1, 0.15) is 30.6 Å². The quantitative estimate of drug-likeness (QED) is 0.282. The highest BCUT2D eigenvalue weighted by atomic mass is 35.5. The van der Waals surface area contributed by atoms with Gasteiger partial charge in [-0.25, -0.2) is 4.98 Å². The minimum Gasteiger partial charge on any atom is -0.397 e. The molecule has 3 aromatic rings. The molecule has 30 heavy (non-hydrogen) atoms. The van der Waals surface area contributed by atoms with Gasteiger partial charge in [0, 0.05) is 30.2 Å². The zero-order chi connectivity index (χ0) is 21.7. The average Bonchev–Trinajstić information content (AvgIpc) is 3.24. The number of imidazole rings is 1. The van der Waals surface area contributed by atoms with Crippen LogP contribution >= 0.6 is 11.6 Å². The summed E-state index contributed by atoms with van der Waals surface area (Å²) in [6, 6.07) is 10.3. The molecule has 156 valence electrons. The Labute approximate surface area is 180 Å². The number of nitrogens with one attached hydrogen (secondary N) is 2. The summed E-state index contributed by atoms with van der Waals surface area (Å²) in [5, 5.41) is 6.34. The monoisotopic (exact) mass is 425 g/mol. The lowest BCUT2D eigenvalue weighted by Crippen LogP contribution is -2.18. The van der Waals surface area contributed by atoms with Crippen LogP contribution in [0.4, 0.5) is 17.1 Å². The highest BCUT2D eigenvalue weighted by Gasteiger charge is 2.15. The number of halogens is 1. The molecule has 0 unspecified atom stereocenters. The van der Waals surface area contributed by atoms with Crippen molar-refractivity contribution in [3.05, 3.63) is 65.7 Å². The molecule has 2 aromatic carbocycles. The Morgan fingerprint density at radius 1 is 1.20 bits per heavy atom. The lowest BCUT2D eigenvalue weighted by molar-refractivity contribution is -0.115. The summed E-state index contributed by atoms with van der Waals surface area (Å²) in [6.45, 7) is 4.92. The van der Waals surface area contributed by atoms with Crippen molar-refractivity contribution in [2.75, 3.05) is 22.9 Å². The molecule has 1 heterocycles. The predicted molar refractivity (Wildman–Crippen MR) is 120 cm³/mol. The number of carbonyl (C=O) groups excluding carboxylic acids is 2. The molecule has 8 heteroatoms. The maximum atomic E-state index is 12.6. The van der Waals surface area contributed by atoms with E-state index in [4.69, 9.17) is 17.3 Å². The molecule has 0 saturated carbocycles. The molecule has 0 radical (unpaired) electrons. The van der Waals surface area contributed by atoms with Gasteiger partial charge in [0.2, 0.25) is 5.91 Å². The summed E-state index contributed by atoms with van der Waals surface area (Å²) in [4.78, 5) is 29.0. The van der Waals surface area contributed by atoms with Crippen molar-refractivity contribution in [1.82, 2.24) is 9.55 Å². The number of nitrogen functional groups attached to an aromatic ring is 1. The van der Waals surface area contributed by atoms with E-state index in [1.54, 1.807) is 53.6 Å². The fraction of sp³-hybridized carbons (Fsp3) is 0.227. The Bertz CT molecular complexity index is 1050. The molecule has 3 rings (SSSR count). The molecule has 1 aromatic heterocycles. The Morgan fingerprint density at radius 3 is 2.70 bits per heavy atom. The molecule has 0 fully saturated rings. The van der Waals surface area contributed by atoms with Crippen LogP contribution < -0.4 is 16.4 Å². The van der Waals surface area contributed by atoms with Gasteiger partial charge < -0.3 is 20.9 Å². The maximum absolute atomic E-state index is 12.6. The van der Waals surface area contributed by atoms with E-state index in [-0.39, 0.29) is 12.2 Å². The Kier molecular flexibility index (Phi) is 6.74. The van der Waals surface area contributed by atoms with Crippen molar-refractivity contribution in [2.45, 2.75) is 20.3 Å². The molecule has 0 aliphatic rings. The summed E-state index contributed by atoms with van der Waals surface area (Å²) in [7, 11) is 0. The summed E-state index contributed by atoms with van der Waals surface area (Å²) >= 11 is 6.29. The number of amides is 1. The highest BCUT2D eigenvalue weighted by molar-refractivity contribution is 6.34. The highest BCUT2D eigenvalue weighted by Crippen LogP contribution is 2.31. The third-order valence-corrected chi connectivity index (χ3v) is 4.72. The van der Waals surface area contributed by atoms with Crippen LogP contribution in [0.5, 0.6) is 0 Å². The van der Waals surface area contributed by atoms with Crippen LogP contribution in [0.25, 0.3) is 5.69 Å². The van der Waals surface area contributed by atoms with E-state index in [1.807, 2.05) is 6.07 Å². The standard InChI is InChI=1S/C22H24ClN5O2/c1-14(2)12-26-19-10-18(24)20(9-17(19)23)27-22(30)11-21(29)15-4-3-5-16(8-15)28-7-6-25-13-28/h3-10,13-14,26H,11-12,24H2,1-2H3,(H,27,30). The van der Waals surface area contributed by atoms with Gasteiger partial charge in [-0.15, -0.1) is 0 Å². The van der Waals surface area contributed by atoms with Crippen molar-refractivity contribution < 1.29 is 9.59 Å². The first-order chi connectivity index (χ1) is 14.3. The van der Waals surface area contributed by atoms with Crippen LogP contribution in [0, 0.1) is 5.92 Å². The summed E-state index contributed by atoms with van der Waals surface area (Å²) in [5.74, 6) is -0.312. The first kappa shape index (κ1) is 21.4. The molecular formula is C22H24ClN5O2. The van der Waals surface area contributed by atoms with Crippen LogP contribution in [0.2, 0.25) is 5.02 Å². The van der Waals surface area contributed by atoms with Crippen LogP contribution in [-0.2, 0) is 4.79 Å². The minimum absolute atomic E-state index is 0.297. The van der Waals surface area contributed by atoms with E-state index < -0.39 is 5.91 Å². The molecule has 0 atom stereocenters. The van der Waals surface area contributed by atoms with Gasteiger partial charge in [-0.3, -0.25) is 9.59 Å². The van der Waals surface area contributed by atoms with E-state index in [0.29, 0.717) is 33.6 Å². The summed E-state index contributed by atoms with van der Waals surface area (Å²) in [6.07, 6.45) is 4.77. The first-order valence-corrected chi connectivity index (χ1v) is 9.95. The second kappa shape index (κ2) is 9.45. The van der Waals surface area contributed by atoms with Gasteiger partial charge in [-0.2, -0.15) is 0 Å². The number of ketones is 1. The number of Topliss-reactive ketones (excluding diaryl/α,β-unsaturated/α-hetero) is 1. The number of hydrogen-bond acceptors (Lipinski definition) is 5. The zero-order valence-electron chi connectivity index (χ0n) is 16.9. The van der Waals surface area contributed by atoms with Gasteiger partial charge in [-0.05, 0) is 30.2 Å². The third-order valence-electron chi connectivity index (χ3n) is 4.41. The molecular weight excluding hydrogens is 402 g/mol. The third kappa shape index (κ3) is 5.39. The number of benzene rings is 2. The second-order valence-electron chi connectivity index (χ2n) is 7.36. The van der Waals surface area contributed by atoms with Crippen LogP contribution in [0.15, 0.2) is 55.1 Å². The lowest BCUT2D eigenvalue weighted by Gasteiger charge is -2.14. The summed E-state index contributed by atoms with van der Waals surface area (Å²) < 4.78 is 1.79. The molecule has 0 saturated heterocycles. The number of aromatic nitrogens is 2. The number of nitrogens with two attached hydrogens (primary N) is 1. The average molecular weight is 426 g/mol. The predicted octanol–water partition coefficient (Wildman–Crippen LogP) is 4.39. The number of nitrogens with zero attached hydrogens (tertiary/aromatic N) is 2. The van der Waals surface area contributed by atoms with Crippen LogP contribution in [0.3, 0.4) is 0 Å². The molecule has 0 spiro atoms. The van der Waals surface area contributed by atoms with Crippen molar-refractivity contribution in [3.8, 4) is 5.69 Å². The number of rotatable bonds is 8. The van der Waals surface area contributed by atoms with Gasteiger partial charge in [0.25, 0.3) is 0 Å². The molecule has 4 N–H and O–H groups in total. The molecule has 0 bridgehead atoms. The van der Waals surface area contributed by atoms with Gasteiger partial charge in [0.15, 0.2) is 5.78 Å². The fourth-order valence-corrected chi connectivity index (χ4v) is 3.07. The first-order valence-electron chi connectivity index (χ1n) is 9.58. The van der Waals surface area contributed by atoms with E-state index in [9.17, 15) is 9.59 Å². The van der Waals surface area contributed by atoms with E-state index >= 15 is 0 Å². The normalized spacial score (nSPS) is 10.8. The van der Waals surface area contributed by atoms with Gasteiger partial charge >= 0.3 is 0 Å². The Balaban J connectivity index is 1.66. The van der Waals surface area contributed by atoms with Crippen molar-refractivity contribution >= 4 is 40.4 Å². The Morgan fingerprint density at radius 2 is 2.00 bits per heavy atom. The van der Waals surface area contributed by atoms with E-state index in [0.717, 1.165) is 12.2 Å².